The van der Waals surface area contributed by atoms with Crippen molar-refractivity contribution in [3.8, 4) is 23.0 Å². The number of benzene rings is 2. The number of hydrogen-bond acceptors (Lipinski definition) is 5. The lowest BCUT2D eigenvalue weighted by atomic mass is 9.90. The van der Waals surface area contributed by atoms with Crippen LogP contribution in [0.1, 0.15) is 43.4 Å². The summed E-state index contributed by atoms with van der Waals surface area (Å²) in [6.07, 6.45) is 4.10. The molecular weight excluding hydrogens is 408 g/mol. The van der Waals surface area contributed by atoms with E-state index in [1.165, 1.54) is 5.56 Å². The van der Waals surface area contributed by atoms with E-state index in [1.807, 2.05) is 36.1 Å². The number of methoxy groups -OCH3 is 3. The molecule has 7 heteroatoms. The van der Waals surface area contributed by atoms with Crippen LogP contribution in [0.2, 0.25) is 0 Å². The van der Waals surface area contributed by atoms with E-state index in [0.29, 0.717) is 28.9 Å². The number of likely N-dealkylation sites (tertiary alicyclic amines) is 1. The number of carbonyl (C=O) groups is 1. The molecule has 1 heterocycles. The van der Waals surface area contributed by atoms with Crippen molar-refractivity contribution in [1.29, 1.82) is 0 Å². The van der Waals surface area contributed by atoms with Gasteiger partial charge in [-0.3, -0.25) is 0 Å². The first-order chi connectivity index (χ1) is 15.4. The highest BCUT2D eigenvalue weighted by atomic mass is 16.5. The minimum atomic E-state index is -0.205. The van der Waals surface area contributed by atoms with Gasteiger partial charge in [0, 0.05) is 13.1 Å². The van der Waals surface area contributed by atoms with E-state index in [4.69, 9.17) is 14.2 Å². The molecule has 0 bridgehead atoms. The van der Waals surface area contributed by atoms with Crippen molar-refractivity contribution < 1.29 is 24.1 Å². The normalized spacial score (nSPS) is 15.2. The number of aromatic hydroxyl groups is 1. The van der Waals surface area contributed by atoms with Gasteiger partial charge >= 0.3 is 6.03 Å². The standard InChI is InChI=1S/C25H34N2O5/c1-17(20-15-22(30-2)24(32-4)23(16-20)31-3)26-25(29)27-13-11-19(12-14-27)6-5-18-7-9-21(28)10-8-18/h7-10,15-17,19,28H,5-6,11-14H2,1-4H3,(H,26,29)/t17-/m0/s1. The summed E-state index contributed by atoms with van der Waals surface area (Å²) < 4.78 is 16.2. The number of piperidine rings is 1. The second-order valence-electron chi connectivity index (χ2n) is 8.27. The fourth-order valence-corrected chi connectivity index (χ4v) is 4.17. The highest BCUT2D eigenvalue weighted by Gasteiger charge is 2.24. The maximum absolute atomic E-state index is 12.8. The Labute approximate surface area is 190 Å². The van der Waals surface area contributed by atoms with Gasteiger partial charge in [0.1, 0.15) is 5.75 Å². The molecule has 7 nitrogen and oxygen atoms in total. The van der Waals surface area contributed by atoms with E-state index in [0.717, 1.165) is 44.3 Å². The van der Waals surface area contributed by atoms with Crippen molar-refractivity contribution in [1.82, 2.24) is 10.2 Å². The lowest BCUT2D eigenvalue weighted by molar-refractivity contribution is 0.165. The first-order valence-corrected chi connectivity index (χ1v) is 11.1. The number of rotatable bonds is 8. The van der Waals surface area contributed by atoms with Crippen molar-refractivity contribution in [3.05, 3.63) is 47.5 Å². The lowest BCUT2D eigenvalue weighted by Crippen LogP contribution is -2.45. The number of nitrogens with one attached hydrogen (secondary N) is 1. The largest absolute Gasteiger partial charge is 0.508 e. The van der Waals surface area contributed by atoms with E-state index in [1.54, 1.807) is 33.5 Å². The van der Waals surface area contributed by atoms with Crippen molar-refractivity contribution in [2.24, 2.45) is 5.92 Å². The maximum atomic E-state index is 12.8. The second-order valence-corrected chi connectivity index (χ2v) is 8.27. The topological polar surface area (TPSA) is 80.3 Å². The number of nitrogens with zero attached hydrogens (tertiary/aromatic N) is 1. The Morgan fingerprint density at radius 1 is 1.06 bits per heavy atom. The highest BCUT2D eigenvalue weighted by Crippen LogP contribution is 2.39. The number of phenols is 1. The molecule has 2 N–H and O–H groups in total. The quantitative estimate of drug-likeness (QED) is 0.628. The zero-order valence-corrected chi connectivity index (χ0v) is 19.4. The van der Waals surface area contributed by atoms with E-state index in [9.17, 15) is 9.90 Å². The van der Waals surface area contributed by atoms with Crippen LogP contribution in [0.3, 0.4) is 0 Å². The van der Waals surface area contributed by atoms with Crippen LogP contribution in [-0.2, 0) is 6.42 Å². The molecule has 0 radical (unpaired) electrons. The first kappa shape index (κ1) is 23.6. The fraction of sp³-hybridized carbons (Fsp3) is 0.480. The van der Waals surface area contributed by atoms with Crippen LogP contribution in [0.4, 0.5) is 4.79 Å². The van der Waals surface area contributed by atoms with Gasteiger partial charge < -0.3 is 29.5 Å². The zero-order valence-electron chi connectivity index (χ0n) is 19.4. The number of phenolic OH excluding ortho intramolecular Hbond substituents is 1. The van der Waals surface area contributed by atoms with Crippen molar-refractivity contribution in [2.75, 3.05) is 34.4 Å². The van der Waals surface area contributed by atoms with Gasteiger partial charge in [-0.2, -0.15) is 0 Å². The Morgan fingerprint density at radius 3 is 2.19 bits per heavy atom. The molecule has 32 heavy (non-hydrogen) atoms. The van der Waals surface area contributed by atoms with Crippen molar-refractivity contribution in [2.45, 2.75) is 38.6 Å². The van der Waals surface area contributed by atoms with Gasteiger partial charge in [0.25, 0.3) is 0 Å². The van der Waals surface area contributed by atoms with E-state index in [2.05, 4.69) is 5.32 Å². The molecule has 0 spiro atoms. The van der Waals surface area contributed by atoms with Crippen LogP contribution in [0, 0.1) is 5.92 Å². The summed E-state index contributed by atoms with van der Waals surface area (Å²) in [7, 11) is 4.73. The molecular formula is C25H34N2O5. The van der Waals surface area contributed by atoms with Crippen molar-refractivity contribution >= 4 is 6.03 Å². The van der Waals surface area contributed by atoms with Gasteiger partial charge in [-0.15, -0.1) is 0 Å². The molecule has 1 atom stereocenters. The Kier molecular flexibility index (Phi) is 8.09. The van der Waals surface area contributed by atoms with Crippen LogP contribution >= 0.6 is 0 Å². The van der Waals surface area contributed by atoms with Gasteiger partial charge in [0.2, 0.25) is 5.75 Å². The van der Waals surface area contributed by atoms with Crippen LogP contribution < -0.4 is 19.5 Å². The third-order valence-corrected chi connectivity index (χ3v) is 6.21. The Balaban J connectivity index is 1.51. The molecule has 1 aliphatic heterocycles. The zero-order chi connectivity index (χ0) is 23.1. The molecule has 174 valence electrons. The van der Waals surface area contributed by atoms with Gasteiger partial charge in [-0.1, -0.05) is 12.1 Å². The van der Waals surface area contributed by atoms with E-state index >= 15 is 0 Å². The van der Waals surface area contributed by atoms with E-state index < -0.39 is 0 Å². The molecule has 2 aromatic carbocycles. The molecule has 2 aromatic rings. The van der Waals surface area contributed by atoms with Gasteiger partial charge in [0.15, 0.2) is 11.5 Å². The fourth-order valence-electron chi connectivity index (χ4n) is 4.17. The summed E-state index contributed by atoms with van der Waals surface area (Å²) in [6, 6.07) is 10.9. The minimum Gasteiger partial charge on any atom is -0.508 e. The maximum Gasteiger partial charge on any atom is 0.317 e. The lowest BCUT2D eigenvalue weighted by Gasteiger charge is -2.33. The number of ether oxygens (including phenoxy) is 3. The van der Waals surface area contributed by atoms with E-state index in [-0.39, 0.29) is 12.1 Å². The summed E-state index contributed by atoms with van der Waals surface area (Å²) >= 11 is 0. The molecule has 3 rings (SSSR count). The summed E-state index contributed by atoms with van der Waals surface area (Å²) in [4.78, 5) is 14.7. The molecule has 0 unspecified atom stereocenters. The SMILES string of the molecule is COc1cc([C@H](C)NC(=O)N2CCC(CCc3ccc(O)cc3)CC2)cc(OC)c1OC. The molecule has 0 aliphatic carbocycles. The molecule has 2 amide bonds. The van der Waals surface area contributed by atoms with Gasteiger partial charge in [-0.25, -0.2) is 4.79 Å². The molecule has 0 saturated carbocycles. The number of urea groups is 1. The average Bonchev–Trinajstić information content (AvgIpc) is 2.82. The predicted molar refractivity (Wildman–Crippen MR) is 124 cm³/mol. The van der Waals surface area contributed by atoms with Crippen molar-refractivity contribution in [3.63, 3.8) is 0 Å². The minimum absolute atomic E-state index is 0.0526. The third-order valence-electron chi connectivity index (χ3n) is 6.21. The molecule has 1 fully saturated rings. The summed E-state index contributed by atoms with van der Waals surface area (Å²) in [5.74, 6) is 2.58. The monoisotopic (exact) mass is 442 g/mol. The van der Waals surface area contributed by atoms with Crippen LogP contribution in [0.5, 0.6) is 23.0 Å². The predicted octanol–water partition coefficient (Wildman–Crippen LogP) is 4.53. The number of carbonyl (C=O) groups excluding carboxylic acids is 1. The number of aryl methyl sites for hydroxylation is 1. The van der Waals surface area contributed by atoms with Crippen LogP contribution in [0.25, 0.3) is 0 Å². The Hall–Kier alpha value is -3.09. The second kappa shape index (κ2) is 11.0. The third kappa shape index (κ3) is 5.78. The molecule has 1 saturated heterocycles. The van der Waals surface area contributed by atoms with Gasteiger partial charge in [0.05, 0.1) is 27.4 Å². The van der Waals surface area contributed by atoms with Crippen LogP contribution in [-0.4, -0.2) is 50.5 Å². The first-order valence-electron chi connectivity index (χ1n) is 11.1. The number of amides is 2. The van der Waals surface area contributed by atoms with Gasteiger partial charge in [-0.05, 0) is 73.9 Å². The Bertz CT molecular complexity index is 867. The summed E-state index contributed by atoms with van der Waals surface area (Å²) in [6.45, 7) is 3.46. The summed E-state index contributed by atoms with van der Waals surface area (Å²) in [5.41, 5.74) is 2.12. The molecule has 0 aromatic heterocycles. The highest BCUT2D eigenvalue weighted by molar-refractivity contribution is 5.75. The van der Waals surface area contributed by atoms with Crippen LogP contribution in [0.15, 0.2) is 36.4 Å². The average molecular weight is 443 g/mol. The summed E-state index contributed by atoms with van der Waals surface area (Å²) in [5, 5.41) is 12.5. The molecule has 1 aliphatic rings. The smallest absolute Gasteiger partial charge is 0.317 e. The Morgan fingerprint density at radius 2 is 1.66 bits per heavy atom. The number of hydrogen-bond donors (Lipinski definition) is 2.